The van der Waals surface area contributed by atoms with Gasteiger partial charge in [0.1, 0.15) is 0 Å². The van der Waals surface area contributed by atoms with Gasteiger partial charge >= 0.3 is 0 Å². The van der Waals surface area contributed by atoms with E-state index in [1.54, 1.807) is 29.5 Å². The Kier molecular flexibility index (Phi) is 4.25. The van der Waals surface area contributed by atoms with Gasteiger partial charge in [-0.15, -0.1) is 0 Å². The molecule has 3 aromatic rings. The van der Waals surface area contributed by atoms with Crippen molar-refractivity contribution in [1.82, 2.24) is 20.1 Å². The highest BCUT2D eigenvalue weighted by Gasteiger charge is 2.22. The molecule has 2 aromatic heterocycles. The highest BCUT2D eigenvalue weighted by molar-refractivity contribution is 5.83. The molecule has 0 radical (unpaired) electrons. The summed E-state index contributed by atoms with van der Waals surface area (Å²) in [5, 5.41) is 7.17. The molecule has 110 valence electrons. The molecule has 1 N–H and O–H groups in total. The molecule has 0 aliphatic carbocycles. The summed E-state index contributed by atoms with van der Waals surface area (Å²) in [6.07, 6.45) is 6.89. The second-order valence-corrected chi connectivity index (χ2v) is 4.87. The smallest absolute Gasteiger partial charge is 0.249 e. The van der Waals surface area contributed by atoms with E-state index >= 15 is 0 Å². The van der Waals surface area contributed by atoms with Gasteiger partial charge in [0.05, 0.1) is 0 Å². The van der Waals surface area contributed by atoms with Gasteiger partial charge in [0.2, 0.25) is 5.91 Å². The molecule has 0 spiro atoms. The zero-order valence-corrected chi connectivity index (χ0v) is 12.0. The van der Waals surface area contributed by atoms with Crippen molar-refractivity contribution in [2.75, 3.05) is 0 Å². The first-order chi connectivity index (χ1) is 10.8. The van der Waals surface area contributed by atoms with Crippen LogP contribution in [0, 0.1) is 0 Å². The van der Waals surface area contributed by atoms with Crippen LogP contribution in [0.2, 0.25) is 0 Å². The number of carbonyl (C=O) groups is 1. The first-order valence-electron chi connectivity index (χ1n) is 7.05. The van der Waals surface area contributed by atoms with Gasteiger partial charge in [-0.3, -0.25) is 14.5 Å². The van der Waals surface area contributed by atoms with Crippen molar-refractivity contribution >= 4 is 5.91 Å². The maximum atomic E-state index is 12.6. The van der Waals surface area contributed by atoms with E-state index in [4.69, 9.17) is 0 Å². The van der Waals surface area contributed by atoms with E-state index in [2.05, 4.69) is 15.4 Å². The molecule has 1 aromatic carbocycles. The minimum Gasteiger partial charge on any atom is -0.350 e. The Balaban J connectivity index is 1.79. The molecule has 0 aliphatic rings. The third-order valence-corrected chi connectivity index (χ3v) is 3.37. The van der Waals surface area contributed by atoms with Crippen LogP contribution in [-0.2, 0) is 11.3 Å². The average molecular weight is 292 g/mol. The van der Waals surface area contributed by atoms with Crippen LogP contribution in [0.15, 0.2) is 73.3 Å². The van der Waals surface area contributed by atoms with Gasteiger partial charge in [0.15, 0.2) is 6.04 Å². The number of nitrogens with one attached hydrogen (secondary N) is 1. The normalized spacial score (nSPS) is 11.8. The summed E-state index contributed by atoms with van der Waals surface area (Å²) in [5.41, 5.74) is 1.91. The summed E-state index contributed by atoms with van der Waals surface area (Å²) in [7, 11) is 0. The quantitative estimate of drug-likeness (QED) is 0.784. The average Bonchev–Trinajstić information content (AvgIpc) is 3.09. The number of hydrogen-bond donors (Lipinski definition) is 1. The van der Waals surface area contributed by atoms with E-state index in [1.165, 1.54) is 0 Å². The highest BCUT2D eigenvalue weighted by Crippen LogP contribution is 2.17. The number of carbonyl (C=O) groups excluding carboxylic acids is 1. The number of rotatable bonds is 5. The van der Waals surface area contributed by atoms with Crippen LogP contribution in [-0.4, -0.2) is 20.7 Å². The lowest BCUT2D eigenvalue weighted by atomic mass is 10.1. The van der Waals surface area contributed by atoms with Gasteiger partial charge in [-0.25, -0.2) is 0 Å². The molecular weight excluding hydrogens is 276 g/mol. The Morgan fingerprint density at radius 2 is 1.82 bits per heavy atom. The number of pyridine rings is 1. The number of aromatic nitrogens is 3. The first kappa shape index (κ1) is 14.0. The van der Waals surface area contributed by atoms with Gasteiger partial charge in [0, 0.05) is 31.3 Å². The summed E-state index contributed by atoms with van der Waals surface area (Å²) >= 11 is 0. The van der Waals surface area contributed by atoms with Gasteiger partial charge < -0.3 is 5.32 Å². The molecule has 3 rings (SSSR count). The molecule has 1 amide bonds. The molecule has 0 aliphatic heterocycles. The van der Waals surface area contributed by atoms with E-state index in [0.717, 1.165) is 11.1 Å². The summed E-state index contributed by atoms with van der Waals surface area (Å²) < 4.78 is 1.66. The minimum absolute atomic E-state index is 0.0910. The van der Waals surface area contributed by atoms with Crippen molar-refractivity contribution < 1.29 is 4.79 Å². The largest absolute Gasteiger partial charge is 0.350 e. The Labute approximate surface area is 128 Å². The van der Waals surface area contributed by atoms with E-state index in [-0.39, 0.29) is 5.91 Å². The number of nitrogens with zero attached hydrogens (tertiary/aromatic N) is 3. The van der Waals surface area contributed by atoms with Crippen molar-refractivity contribution in [2.45, 2.75) is 12.6 Å². The molecule has 0 unspecified atom stereocenters. The molecule has 2 heterocycles. The molecule has 0 saturated heterocycles. The third-order valence-electron chi connectivity index (χ3n) is 3.37. The van der Waals surface area contributed by atoms with Crippen molar-refractivity contribution in [2.24, 2.45) is 0 Å². The number of amides is 1. The fourth-order valence-electron chi connectivity index (χ4n) is 2.28. The third kappa shape index (κ3) is 3.20. The SMILES string of the molecule is O=C(NCc1ccncc1)[C@H](c1ccccc1)n1cccn1. The summed E-state index contributed by atoms with van der Waals surface area (Å²) in [4.78, 5) is 16.6. The van der Waals surface area contributed by atoms with E-state index in [9.17, 15) is 4.79 Å². The molecule has 22 heavy (non-hydrogen) atoms. The Hall–Kier alpha value is -2.95. The summed E-state index contributed by atoms with van der Waals surface area (Å²) in [6, 6.07) is 14.7. The molecular formula is C17H16N4O. The molecule has 5 heteroatoms. The lowest BCUT2D eigenvalue weighted by Gasteiger charge is -2.18. The minimum atomic E-state index is -0.474. The summed E-state index contributed by atoms with van der Waals surface area (Å²) in [6.45, 7) is 0.464. The number of hydrogen-bond acceptors (Lipinski definition) is 3. The molecule has 0 saturated carbocycles. The zero-order valence-electron chi connectivity index (χ0n) is 12.0. The van der Waals surface area contributed by atoms with Crippen LogP contribution in [0.5, 0.6) is 0 Å². The van der Waals surface area contributed by atoms with Crippen LogP contribution in [0.25, 0.3) is 0 Å². The fraction of sp³-hybridized carbons (Fsp3) is 0.118. The van der Waals surface area contributed by atoms with E-state index < -0.39 is 6.04 Å². The molecule has 0 fully saturated rings. The van der Waals surface area contributed by atoms with Gasteiger partial charge in [-0.05, 0) is 29.3 Å². The Morgan fingerprint density at radius 3 is 2.50 bits per heavy atom. The lowest BCUT2D eigenvalue weighted by molar-refractivity contribution is -0.123. The first-order valence-corrected chi connectivity index (χ1v) is 7.05. The highest BCUT2D eigenvalue weighted by atomic mass is 16.2. The lowest BCUT2D eigenvalue weighted by Crippen LogP contribution is -2.33. The van der Waals surface area contributed by atoms with Crippen molar-refractivity contribution in [1.29, 1.82) is 0 Å². The van der Waals surface area contributed by atoms with Crippen LogP contribution in [0.4, 0.5) is 0 Å². The maximum absolute atomic E-state index is 12.6. The van der Waals surface area contributed by atoms with Crippen LogP contribution < -0.4 is 5.32 Å². The Bertz CT molecular complexity index is 711. The van der Waals surface area contributed by atoms with Crippen LogP contribution in [0.3, 0.4) is 0 Å². The summed E-state index contributed by atoms with van der Waals surface area (Å²) in [5.74, 6) is -0.0910. The van der Waals surface area contributed by atoms with E-state index in [1.807, 2.05) is 48.5 Å². The van der Waals surface area contributed by atoms with Gasteiger partial charge in [0.25, 0.3) is 0 Å². The van der Waals surface area contributed by atoms with Gasteiger partial charge in [-0.1, -0.05) is 30.3 Å². The standard InChI is InChI=1S/C17H16N4O/c22-17(19-13-14-7-10-18-11-8-14)16(21-12-4-9-20-21)15-5-2-1-3-6-15/h1-12,16H,13H2,(H,19,22)/t16-/m0/s1. The van der Waals surface area contributed by atoms with Crippen LogP contribution in [0.1, 0.15) is 17.2 Å². The monoisotopic (exact) mass is 292 g/mol. The van der Waals surface area contributed by atoms with Crippen molar-refractivity contribution in [3.8, 4) is 0 Å². The topological polar surface area (TPSA) is 59.8 Å². The molecule has 0 bridgehead atoms. The van der Waals surface area contributed by atoms with Crippen molar-refractivity contribution in [3.05, 3.63) is 84.4 Å². The molecule has 5 nitrogen and oxygen atoms in total. The van der Waals surface area contributed by atoms with Crippen LogP contribution >= 0.6 is 0 Å². The second-order valence-electron chi connectivity index (χ2n) is 4.87. The van der Waals surface area contributed by atoms with Crippen molar-refractivity contribution in [3.63, 3.8) is 0 Å². The zero-order chi connectivity index (χ0) is 15.2. The molecule has 1 atom stereocenters. The predicted molar refractivity (Wildman–Crippen MR) is 82.9 cm³/mol. The number of benzene rings is 1. The fourth-order valence-corrected chi connectivity index (χ4v) is 2.28. The Morgan fingerprint density at radius 1 is 1.05 bits per heavy atom. The van der Waals surface area contributed by atoms with Gasteiger partial charge in [-0.2, -0.15) is 5.10 Å². The predicted octanol–water partition coefficient (Wildman–Crippen LogP) is 2.18. The van der Waals surface area contributed by atoms with E-state index in [0.29, 0.717) is 6.54 Å². The second kappa shape index (κ2) is 6.67. The maximum Gasteiger partial charge on any atom is 0.249 e.